The quantitative estimate of drug-likeness (QED) is 0.649. The van der Waals surface area contributed by atoms with Gasteiger partial charge in [0.1, 0.15) is 16.0 Å². The minimum atomic E-state index is -3.53. The average Bonchev–Trinajstić information content (AvgIpc) is 2.74. The Morgan fingerprint density at radius 2 is 1.73 bits per heavy atom. The second-order valence-corrected chi connectivity index (χ2v) is 10.0. The lowest BCUT2D eigenvalue weighted by Crippen LogP contribution is -2.39. The van der Waals surface area contributed by atoms with Crippen molar-refractivity contribution in [1.82, 2.24) is 4.31 Å². The van der Waals surface area contributed by atoms with Gasteiger partial charge in [0.05, 0.1) is 19.1 Å². The maximum absolute atomic E-state index is 12.9. The van der Waals surface area contributed by atoms with E-state index in [0.717, 1.165) is 12.8 Å². The lowest BCUT2D eigenvalue weighted by Gasteiger charge is -2.30. The molecule has 1 N–H and O–H groups in total. The number of carbonyl (C=O) groups excluding carboxylic acids is 1. The molecule has 1 heterocycles. The maximum Gasteiger partial charge on any atom is 0.255 e. The van der Waals surface area contributed by atoms with Crippen LogP contribution in [-0.4, -0.2) is 45.9 Å². The van der Waals surface area contributed by atoms with Gasteiger partial charge in [-0.05, 0) is 71.1 Å². The number of ether oxygens (including phenoxy) is 2. The van der Waals surface area contributed by atoms with Crippen LogP contribution in [0.15, 0.2) is 45.8 Å². The largest absolute Gasteiger partial charge is 0.495 e. The number of sulfonamides is 1. The van der Waals surface area contributed by atoms with Gasteiger partial charge in [-0.1, -0.05) is 6.92 Å². The van der Waals surface area contributed by atoms with E-state index in [2.05, 4.69) is 28.2 Å². The average molecular weight is 497 g/mol. The summed E-state index contributed by atoms with van der Waals surface area (Å²) >= 11 is 3.37. The molecule has 1 fully saturated rings. The molecule has 1 atom stereocenters. The number of hydrogen-bond acceptors (Lipinski definition) is 5. The van der Waals surface area contributed by atoms with Crippen molar-refractivity contribution in [3.63, 3.8) is 0 Å². The summed E-state index contributed by atoms with van der Waals surface area (Å²) in [4.78, 5) is 12.9. The summed E-state index contributed by atoms with van der Waals surface area (Å²) in [5.41, 5.74) is 0.845. The SMILES string of the molecule is COc1cc(C(=O)Nc2ccc(S(=O)(=O)N3CCCC(C)C3)cc2)cc(OC)c1Br. The van der Waals surface area contributed by atoms with Crippen molar-refractivity contribution in [2.45, 2.75) is 24.7 Å². The molecule has 1 amide bonds. The van der Waals surface area contributed by atoms with Gasteiger partial charge in [-0.15, -0.1) is 0 Å². The molecule has 0 saturated carbocycles. The van der Waals surface area contributed by atoms with E-state index in [4.69, 9.17) is 9.47 Å². The van der Waals surface area contributed by atoms with E-state index < -0.39 is 10.0 Å². The molecule has 162 valence electrons. The molecule has 0 aromatic heterocycles. The number of rotatable bonds is 6. The zero-order valence-corrected chi connectivity index (χ0v) is 19.5. The number of amides is 1. The van der Waals surface area contributed by atoms with Gasteiger partial charge in [0.2, 0.25) is 10.0 Å². The van der Waals surface area contributed by atoms with Crippen molar-refractivity contribution in [2.24, 2.45) is 5.92 Å². The molecule has 30 heavy (non-hydrogen) atoms. The van der Waals surface area contributed by atoms with E-state index in [9.17, 15) is 13.2 Å². The molecule has 0 aliphatic carbocycles. The first-order valence-corrected chi connectivity index (χ1v) is 11.8. The van der Waals surface area contributed by atoms with Gasteiger partial charge < -0.3 is 14.8 Å². The number of nitrogens with zero attached hydrogens (tertiary/aromatic N) is 1. The van der Waals surface area contributed by atoms with Crippen LogP contribution in [0.25, 0.3) is 0 Å². The van der Waals surface area contributed by atoms with Crippen molar-refractivity contribution >= 4 is 37.5 Å². The number of halogens is 1. The van der Waals surface area contributed by atoms with Gasteiger partial charge >= 0.3 is 0 Å². The minimum absolute atomic E-state index is 0.224. The third-order valence-corrected chi connectivity index (χ3v) is 7.74. The number of nitrogens with one attached hydrogen (secondary N) is 1. The summed E-state index contributed by atoms with van der Waals surface area (Å²) in [6, 6.07) is 9.41. The highest BCUT2D eigenvalue weighted by atomic mass is 79.9. The van der Waals surface area contributed by atoms with Crippen molar-refractivity contribution in [3.05, 3.63) is 46.4 Å². The minimum Gasteiger partial charge on any atom is -0.495 e. The maximum atomic E-state index is 12.9. The number of carbonyl (C=O) groups is 1. The highest BCUT2D eigenvalue weighted by molar-refractivity contribution is 9.10. The Morgan fingerprint density at radius 1 is 1.13 bits per heavy atom. The van der Waals surface area contributed by atoms with E-state index in [1.807, 2.05) is 0 Å². The van der Waals surface area contributed by atoms with Gasteiger partial charge in [-0.3, -0.25) is 4.79 Å². The topological polar surface area (TPSA) is 84.9 Å². The molecular weight excluding hydrogens is 472 g/mol. The van der Waals surface area contributed by atoms with Crippen LogP contribution in [0.1, 0.15) is 30.1 Å². The molecule has 7 nitrogen and oxygen atoms in total. The van der Waals surface area contributed by atoms with E-state index in [1.54, 1.807) is 24.3 Å². The van der Waals surface area contributed by atoms with Crippen LogP contribution in [0.4, 0.5) is 5.69 Å². The Labute approximate surface area is 185 Å². The Balaban J connectivity index is 1.77. The predicted octanol–water partition coefficient (Wildman–Crippen LogP) is 4.14. The van der Waals surface area contributed by atoms with E-state index in [1.165, 1.54) is 30.7 Å². The number of methoxy groups -OCH3 is 2. The monoisotopic (exact) mass is 496 g/mol. The van der Waals surface area contributed by atoms with Gasteiger partial charge in [0.25, 0.3) is 5.91 Å². The number of piperidine rings is 1. The smallest absolute Gasteiger partial charge is 0.255 e. The molecule has 2 aromatic carbocycles. The summed E-state index contributed by atoms with van der Waals surface area (Å²) < 4.78 is 38.4. The summed E-state index contributed by atoms with van der Waals surface area (Å²) in [6.07, 6.45) is 1.91. The lowest BCUT2D eigenvalue weighted by atomic mass is 10.0. The second kappa shape index (κ2) is 9.36. The normalized spacial score (nSPS) is 17.4. The number of benzene rings is 2. The van der Waals surface area contributed by atoms with E-state index in [0.29, 0.717) is 46.2 Å². The van der Waals surface area contributed by atoms with Crippen LogP contribution >= 0.6 is 15.9 Å². The first-order chi connectivity index (χ1) is 14.3. The van der Waals surface area contributed by atoms with Crippen molar-refractivity contribution in [2.75, 3.05) is 32.6 Å². The summed E-state index contributed by atoms with van der Waals surface area (Å²) in [5.74, 6) is 0.931. The van der Waals surface area contributed by atoms with Gasteiger partial charge in [0, 0.05) is 24.3 Å². The van der Waals surface area contributed by atoms with E-state index >= 15 is 0 Å². The Bertz CT molecular complexity index is 999. The molecule has 0 spiro atoms. The van der Waals surface area contributed by atoms with Crippen LogP contribution in [0.2, 0.25) is 0 Å². The fourth-order valence-electron chi connectivity index (χ4n) is 3.43. The number of hydrogen-bond donors (Lipinski definition) is 1. The number of anilines is 1. The van der Waals surface area contributed by atoms with Gasteiger partial charge in [0.15, 0.2) is 0 Å². The molecule has 3 rings (SSSR count). The third kappa shape index (κ3) is 4.79. The molecule has 1 aliphatic rings. The van der Waals surface area contributed by atoms with Crippen molar-refractivity contribution < 1.29 is 22.7 Å². The second-order valence-electron chi connectivity index (χ2n) is 7.28. The molecule has 0 radical (unpaired) electrons. The molecule has 1 unspecified atom stereocenters. The summed E-state index contributed by atoms with van der Waals surface area (Å²) in [5, 5.41) is 2.77. The first-order valence-electron chi connectivity index (χ1n) is 9.59. The highest BCUT2D eigenvalue weighted by Crippen LogP contribution is 2.35. The molecule has 1 saturated heterocycles. The van der Waals surface area contributed by atoms with Crippen LogP contribution in [0, 0.1) is 5.92 Å². The predicted molar refractivity (Wildman–Crippen MR) is 119 cm³/mol. The standard InChI is InChI=1S/C21H25BrN2O5S/c1-14-5-4-10-24(13-14)30(26,27)17-8-6-16(7-9-17)23-21(25)15-11-18(28-2)20(22)19(12-15)29-3/h6-9,11-12,14H,4-5,10,13H2,1-3H3,(H,23,25). The molecule has 1 aliphatic heterocycles. The lowest BCUT2D eigenvalue weighted by molar-refractivity contribution is 0.102. The van der Waals surface area contributed by atoms with Crippen LogP contribution in [0.5, 0.6) is 11.5 Å². The molecule has 9 heteroatoms. The van der Waals surface area contributed by atoms with Crippen molar-refractivity contribution in [3.8, 4) is 11.5 Å². The molecular formula is C21H25BrN2O5S. The third-order valence-electron chi connectivity index (χ3n) is 5.08. The molecule has 0 bridgehead atoms. The van der Waals surface area contributed by atoms with Crippen LogP contribution in [0.3, 0.4) is 0 Å². The molecule has 2 aromatic rings. The Morgan fingerprint density at radius 3 is 2.27 bits per heavy atom. The van der Waals surface area contributed by atoms with Crippen LogP contribution in [-0.2, 0) is 10.0 Å². The summed E-state index contributed by atoms with van der Waals surface area (Å²) in [6.45, 7) is 3.14. The van der Waals surface area contributed by atoms with Crippen molar-refractivity contribution in [1.29, 1.82) is 0 Å². The zero-order valence-electron chi connectivity index (χ0n) is 17.1. The van der Waals surface area contributed by atoms with Gasteiger partial charge in [-0.25, -0.2) is 8.42 Å². The first kappa shape index (κ1) is 22.6. The summed E-state index contributed by atoms with van der Waals surface area (Å²) in [7, 11) is -0.526. The highest BCUT2D eigenvalue weighted by Gasteiger charge is 2.28. The Kier molecular flexibility index (Phi) is 7.05. The van der Waals surface area contributed by atoms with Crippen LogP contribution < -0.4 is 14.8 Å². The van der Waals surface area contributed by atoms with Gasteiger partial charge in [-0.2, -0.15) is 4.31 Å². The fraction of sp³-hybridized carbons (Fsp3) is 0.381. The Hall–Kier alpha value is -2.10. The zero-order chi connectivity index (χ0) is 21.9. The fourth-order valence-corrected chi connectivity index (χ4v) is 5.58. The van der Waals surface area contributed by atoms with E-state index in [-0.39, 0.29) is 10.8 Å².